The van der Waals surface area contributed by atoms with E-state index in [0.717, 1.165) is 24.8 Å². The summed E-state index contributed by atoms with van der Waals surface area (Å²) in [5.41, 5.74) is 7.86. The highest BCUT2D eigenvalue weighted by Gasteiger charge is 2.13. The van der Waals surface area contributed by atoms with Crippen LogP contribution in [0.5, 0.6) is 0 Å². The molecule has 0 aliphatic rings. The Balaban J connectivity index is 1.92. The molecule has 1 unspecified atom stereocenters. The number of rotatable bonds is 6. The van der Waals surface area contributed by atoms with Crippen LogP contribution >= 0.6 is 0 Å². The van der Waals surface area contributed by atoms with Crippen LogP contribution in [-0.4, -0.2) is 6.54 Å². The molecule has 0 bridgehead atoms. The van der Waals surface area contributed by atoms with Crippen molar-refractivity contribution >= 4 is 0 Å². The van der Waals surface area contributed by atoms with Crippen molar-refractivity contribution in [1.82, 2.24) is 0 Å². The second-order valence-electron chi connectivity index (χ2n) is 4.83. The number of nitrogens with two attached hydrogens (primary N) is 1. The number of hydrogen-bond donors (Lipinski definition) is 1. The Morgan fingerprint density at radius 3 is 2.32 bits per heavy atom. The highest BCUT2D eigenvalue weighted by Crippen LogP contribution is 2.23. The van der Waals surface area contributed by atoms with E-state index in [4.69, 9.17) is 5.73 Å². The van der Waals surface area contributed by atoms with Gasteiger partial charge in [0, 0.05) is 0 Å². The van der Waals surface area contributed by atoms with Gasteiger partial charge in [0.05, 0.1) is 0 Å². The van der Waals surface area contributed by atoms with Crippen molar-refractivity contribution in [3.05, 3.63) is 71.5 Å². The Kier molecular flexibility index (Phi) is 5.10. The summed E-state index contributed by atoms with van der Waals surface area (Å²) in [6.45, 7) is 0.496. The third-order valence-electron chi connectivity index (χ3n) is 3.49. The van der Waals surface area contributed by atoms with Crippen molar-refractivity contribution in [1.29, 1.82) is 0 Å². The summed E-state index contributed by atoms with van der Waals surface area (Å²) >= 11 is 0. The normalized spacial score (nSPS) is 12.3. The van der Waals surface area contributed by atoms with Crippen LogP contribution in [0.2, 0.25) is 0 Å². The topological polar surface area (TPSA) is 26.0 Å². The second-order valence-corrected chi connectivity index (χ2v) is 4.83. The molecule has 1 nitrogen and oxygen atoms in total. The molecule has 1 atom stereocenters. The number of benzene rings is 2. The molecule has 2 heteroatoms. The van der Waals surface area contributed by atoms with Crippen LogP contribution in [0.1, 0.15) is 29.9 Å². The van der Waals surface area contributed by atoms with Crippen LogP contribution in [0.15, 0.2) is 54.6 Å². The van der Waals surface area contributed by atoms with E-state index >= 15 is 0 Å². The first-order valence-electron chi connectivity index (χ1n) is 6.79. The van der Waals surface area contributed by atoms with E-state index in [2.05, 4.69) is 12.1 Å². The minimum Gasteiger partial charge on any atom is -0.330 e. The first kappa shape index (κ1) is 13.8. The molecular weight excluding hydrogens is 237 g/mol. The Hall–Kier alpha value is -1.67. The zero-order valence-corrected chi connectivity index (χ0v) is 11.1. The van der Waals surface area contributed by atoms with Crippen molar-refractivity contribution < 1.29 is 4.39 Å². The van der Waals surface area contributed by atoms with Gasteiger partial charge in [0.15, 0.2) is 0 Å². The third kappa shape index (κ3) is 3.90. The summed E-state index contributed by atoms with van der Waals surface area (Å²) in [5, 5.41) is 0. The fourth-order valence-electron chi connectivity index (χ4n) is 2.40. The summed E-state index contributed by atoms with van der Waals surface area (Å²) in [6, 6.07) is 17.3. The van der Waals surface area contributed by atoms with Gasteiger partial charge in [-0.25, -0.2) is 4.39 Å². The van der Waals surface area contributed by atoms with Crippen molar-refractivity contribution in [3.63, 3.8) is 0 Å². The predicted molar refractivity (Wildman–Crippen MR) is 77.6 cm³/mol. The monoisotopic (exact) mass is 257 g/mol. The van der Waals surface area contributed by atoms with Gasteiger partial charge < -0.3 is 5.73 Å². The van der Waals surface area contributed by atoms with Gasteiger partial charge in [-0.1, -0.05) is 48.5 Å². The average molecular weight is 257 g/mol. The van der Waals surface area contributed by atoms with Gasteiger partial charge in [-0.15, -0.1) is 0 Å². The maximum absolute atomic E-state index is 13.7. The smallest absolute Gasteiger partial charge is 0.126 e. The van der Waals surface area contributed by atoms with Gasteiger partial charge in [0.2, 0.25) is 0 Å². The van der Waals surface area contributed by atoms with Crippen LogP contribution < -0.4 is 5.73 Å². The van der Waals surface area contributed by atoms with Crippen LogP contribution in [0.3, 0.4) is 0 Å². The van der Waals surface area contributed by atoms with Crippen molar-refractivity contribution in [3.8, 4) is 0 Å². The van der Waals surface area contributed by atoms with E-state index < -0.39 is 0 Å². The van der Waals surface area contributed by atoms with E-state index in [1.807, 2.05) is 30.3 Å². The molecule has 0 aliphatic heterocycles. The molecule has 19 heavy (non-hydrogen) atoms. The van der Waals surface area contributed by atoms with Crippen molar-refractivity contribution in [2.45, 2.75) is 25.2 Å². The van der Waals surface area contributed by atoms with Crippen molar-refractivity contribution in [2.24, 2.45) is 5.73 Å². The summed E-state index contributed by atoms with van der Waals surface area (Å²) < 4.78 is 13.7. The van der Waals surface area contributed by atoms with Gasteiger partial charge in [-0.2, -0.15) is 0 Å². The summed E-state index contributed by atoms with van der Waals surface area (Å²) in [4.78, 5) is 0. The minimum absolute atomic E-state index is 0.116. The number of halogens is 1. The fourth-order valence-corrected chi connectivity index (χ4v) is 2.40. The maximum Gasteiger partial charge on any atom is 0.126 e. The lowest BCUT2D eigenvalue weighted by Crippen LogP contribution is -2.14. The molecule has 0 heterocycles. The van der Waals surface area contributed by atoms with Crippen LogP contribution in [0, 0.1) is 5.82 Å². The van der Waals surface area contributed by atoms with E-state index in [0.29, 0.717) is 6.54 Å². The lowest BCUT2D eigenvalue weighted by Gasteiger charge is -2.15. The number of hydrogen-bond acceptors (Lipinski definition) is 1. The summed E-state index contributed by atoms with van der Waals surface area (Å²) in [5.74, 6) is -0.0254. The Bertz CT molecular complexity index is 496. The van der Waals surface area contributed by atoms with Gasteiger partial charge in [0.1, 0.15) is 5.82 Å². The fraction of sp³-hybridized carbons (Fsp3) is 0.294. The summed E-state index contributed by atoms with van der Waals surface area (Å²) in [6.07, 6.45) is 2.97. The van der Waals surface area contributed by atoms with E-state index in [9.17, 15) is 4.39 Å². The molecule has 2 rings (SSSR count). The molecule has 0 saturated heterocycles. The zero-order chi connectivity index (χ0) is 13.5. The average Bonchev–Trinajstić information content (AvgIpc) is 2.46. The van der Waals surface area contributed by atoms with E-state index in [-0.39, 0.29) is 11.7 Å². The third-order valence-corrected chi connectivity index (χ3v) is 3.49. The standard InChI is InChI=1S/C17H20FN/c18-17-12-5-4-11-16(17)15(13-19)10-6-9-14-7-2-1-3-8-14/h1-5,7-8,11-12,15H,6,9-10,13,19H2. The van der Waals surface area contributed by atoms with Gasteiger partial charge in [0.25, 0.3) is 0 Å². The maximum atomic E-state index is 13.7. The zero-order valence-electron chi connectivity index (χ0n) is 11.1. The van der Waals surface area contributed by atoms with Gasteiger partial charge >= 0.3 is 0 Å². The molecule has 100 valence electrons. The molecule has 0 aromatic heterocycles. The molecule has 0 spiro atoms. The summed E-state index contributed by atoms with van der Waals surface area (Å²) in [7, 11) is 0. The SMILES string of the molecule is NCC(CCCc1ccccc1)c1ccccc1F. The van der Waals surface area contributed by atoms with Crippen LogP contribution in [-0.2, 0) is 6.42 Å². The Morgan fingerprint density at radius 1 is 0.947 bits per heavy atom. The molecule has 0 radical (unpaired) electrons. The molecular formula is C17H20FN. The predicted octanol–water partition coefficient (Wildman–Crippen LogP) is 3.89. The Labute approximate surface area is 114 Å². The first-order chi connectivity index (χ1) is 9.31. The van der Waals surface area contributed by atoms with E-state index in [1.165, 1.54) is 11.6 Å². The van der Waals surface area contributed by atoms with Crippen molar-refractivity contribution in [2.75, 3.05) is 6.54 Å². The molecule has 2 aromatic rings. The second kappa shape index (κ2) is 7.05. The molecule has 2 N–H and O–H groups in total. The molecule has 0 fully saturated rings. The minimum atomic E-state index is -0.141. The lowest BCUT2D eigenvalue weighted by molar-refractivity contribution is 0.545. The van der Waals surface area contributed by atoms with E-state index in [1.54, 1.807) is 6.07 Å². The highest BCUT2D eigenvalue weighted by atomic mass is 19.1. The highest BCUT2D eigenvalue weighted by molar-refractivity contribution is 5.22. The largest absolute Gasteiger partial charge is 0.330 e. The van der Waals surface area contributed by atoms with Crippen LogP contribution in [0.4, 0.5) is 4.39 Å². The quantitative estimate of drug-likeness (QED) is 0.834. The molecule has 2 aromatic carbocycles. The first-order valence-corrected chi connectivity index (χ1v) is 6.79. The number of aryl methyl sites for hydroxylation is 1. The molecule has 0 aliphatic carbocycles. The van der Waals surface area contributed by atoms with Gasteiger partial charge in [-0.3, -0.25) is 0 Å². The Morgan fingerprint density at radius 2 is 1.63 bits per heavy atom. The lowest BCUT2D eigenvalue weighted by atomic mass is 9.92. The molecule has 0 saturated carbocycles. The van der Waals surface area contributed by atoms with Gasteiger partial charge in [-0.05, 0) is 48.9 Å². The van der Waals surface area contributed by atoms with Crippen LogP contribution in [0.25, 0.3) is 0 Å². The molecule has 0 amide bonds.